The number of fused-ring (bicyclic) bond motifs is 1. The number of nitrogens with one attached hydrogen (secondary N) is 1. The lowest BCUT2D eigenvalue weighted by atomic mass is 10.1. The summed E-state index contributed by atoms with van der Waals surface area (Å²) in [4.78, 5) is 39.2. The maximum Gasteiger partial charge on any atom is 0.335 e. The van der Waals surface area contributed by atoms with Crippen molar-refractivity contribution in [1.29, 1.82) is 0 Å². The third-order valence-corrected chi connectivity index (χ3v) is 6.49. The molecule has 0 atom stereocenters. The van der Waals surface area contributed by atoms with Gasteiger partial charge in [0.15, 0.2) is 23.0 Å². The average Bonchev–Trinajstić information content (AvgIpc) is 3.35. The molecule has 1 N–H and O–H groups in total. The quantitative estimate of drug-likeness (QED) is 0.340. The molecule has 5 rings (SSSR count). The van der Waals surface area contributed by atoms with Gasteiger partial charge in [-0.1, -0.05) is 39.7 Å². The molecule has 9 nitrogen and oxygen atoms in total. The van der Waals surface area contributed by atoms with Gasteiger partial charge in [0, 0.05) is 4.47 Å². The summed E-state index contributed by atoms with van der Waals surface area (Å²) >= 11 is 3.48. The van der Waals surface area contributed by atoms with Crippen LogP contribution in [0.25, 0.3) is 6.08 Å². The lowest BCUT2D eigenvalue weighted by molar-refractivity contribution is -0.122. The molecule has 0 spiro atoms. The maximum atomic E-state index is 13.2. The number of imide groups is 2. The van der Waals surface area contributed by atoms with Gasteiger partial charge >= 0.3 is 6.03 Å². The molecule has 0 aliphatic carbocycles. The van der Waals surface area contributed by atoms with Crippen molar-refractivity contribution in [2.45, 2.75) is 13.5 Å². The minimum absolute atomic E-state index is 0.189. The Kier molecular flexibility index (Phi) is 6.58. The van der Waals surface area contributed by atoms with Crippen LogP contribution in [-0.4, -0.2) is 31.7 Å². The number of nitrogens with zero attached hydrogens (tertiary/aromatic N) is 1. The number of hydrogen-bond acceptors (Lipinski definition) is 7. The molecule has 1 fully saturated rings. The number of carbonyl (C=O) groups excluding carboxylic acids is 3. The van der Waals surface area contributed by atoms with Gasteiger partial charge in [-0.15, -0.1) is 0 Å². The number of anilines is 1. The van der Waals surface area contributed by atoms with Gasteiger partial charge in [0.05, 0.1) is 12.8 Å². The number of rotatable bonds is 6. The Hall–Kier alpha value is -4.31. The molecule has 37 heavy (non-hydrogen) atoms. The van der Waals surface area contributed by atoms with E-state index in [1.165, 1.54) is 13.2 Å². The number of hydrogen-bond donors (Lipinski definition) is 1. The predicted octanol–water partition coefficient (Wildman–Crippen LogP) is 4.74. The fraction of sp³-hybridized carbons (Fsp3) is 0.148. The van der Waals surface area contributed by atoms with Crippen molar-refractivity contribution in [2.75, 3.05) is 18.8 Å². The molecule has 0 saturated carbocycles. The lowest BCUT2D eigenvalue weighted by Crippen LogP contribution is -2.54. The number of halogens is 1. The molecule has 0 bridgehead atoms. The summed E-state index contributed by atoms with van der Waals surface area (Å²) in [6.07, 6.45) is 1.40. The number of methoxy groups -OCH3 is 1. The molecule has 10 heteroatoms. The first-order chi connectivity index (χ1) is 17.8. The predicted molar refractivity (Wildman–Crippen MR) is 138 cm³/mol. The number of benzene rings is 3. The van der Waals surface area contributed by atoms with Crippen molar-refractivity contribution < 1.29 is 33.3 Å². The highest BCUT2D eigenvalue weighted by atomic mass is 79.9. The molecule has 3 aromatic carbocycles. The van der Waals surface area contributed by atoms with E-state index in [0.717, 1.165) is 16.0 Å². The Morgan fingerprint density at radius 3 is 2.51 bits per heavy atom. The first-order valence-electron chi connectivity index (χ1n) is 11.2. The highest BCUT2D eigenvalue weighted by Gasteiger charge is 2.37. The van der Waals surface area contributed by atoms with Crippen LogP contribution >= 0.6 is 15.9 Å². The Morgan fingerprint density at radius 1 is 1.00 bits per heavy atom. The summed E-state index contributed by atoms with van der Waals surface area (Å²) in [6, 6.07) is 14.9. The van der Waals surface area contributed by atoms with Gasteiger partial charge in [-0.25, -0.2) is 9.69 Å². The number of carbonyl (C=O) groups is 3. The standard InChI is InChI=1S/C27H21BrN2O7/c1-15-3-6-18(7-4-15)30-26(32)19(25(31)29-27(30)33)10-17-11-22(34-2)24(12-20(17)28)35-13-16-5-8-21-23(9-16)37-14-36-21/h3-12H,13-14H2,1-2H3,(H,29,31,33)/b19-10+. The van der Waals surface area contributed by atoms with E-state index in [2.05, 4.69) is 21.2 Å². The molecule has 4 amide bonds. The van der Waals surface area contributed by atoms with Crippen LogP contribution in [0.4, 0.5) is 10.5 Å². The SMILES string of the molecule is COc1cc(/C=C2\C(=O)NC(=O)N(c3ccc(C)cc3)C2=O)c(Br)cc1OCc1ccc2c(c1)OCO2. The van der Waals surface area contributed by atoms with E-state index < -0.39 is 17.8 Å². The van der Waals surface area contributed by atoms with E-state index in [0.29, 0.717) is 38.7 Å². The molecule has 2 aliphatic rings. The van der Waals surface area contributed by atoms with E-state index in [-0.39, 0.29) is 19.0 Å². The second-order valence-corrected chi connectivity index (χ2v) is 9.15. The average molecular weight is 565 g/mol. The van der Waals surface area contributed by atoms with E-state index in [1.807, 2.05) is 25.1 Å². The second-order valence-electron chi connectivity index (χ2n) is 8.29. The van der Waals surface area contributed by atoms with Gasteiger partial charge in [-0.2, -0.15) is 0 Å². The van der Waals surface area contributed by atoms with Crippen LogP contribution in [0.5, 0.6) is 23.0 Å². The van der Waals surface area contributed by atoms with Gasteiger partial charge < -0.3 is 18.9 Å². The maximum absolute atomic E-state index is 13.2. The molecule has 0 radical (unpaired) electrons. The largest absolute Gasteiger partial charge is 0.493 e. The van der Waals surface area contributed by atoms with Crippen LogP contribution in [0, 0.1) is 6.92 Å². The third-order valence-electron chi connectivity index (χ3n) is 5.81. The van der Waals surface area contributed by atoms with Crippen molar-refractivity contribution in [2.24, 2.45) is 0 Å². The summed E-state index contributed by atoms with van der Waals surface area (Å²) in [5.41, 5.74) is 2.49. The number of urea groups is 1. The second kappa shape index (κ2) is 9.98. The van der Waals surface area contributed by atoms with E-state index in [9.17, 15) is 14.4 Å². The number of barbiturate groups is 1. The lowest BCUT2D eigenvalue weighted by Gasteiger charge is -2.26. The van der Waals surface area contributed by atoms with Crippen molar-refractivity contribution in [1.82, 2.24) is 5.32 Å². The van der Waals surface area contributed by atoms with Crippen LogP contribution in [0.3, 0.4) is 0 Å². The molecule has 0 unspecified atom stereocenters. The van der Waals surface area contributed by atoms with E-state index in [4.69, 9.17) is 18.9 Å². The van der Waals surface area contributed by atoms with Crippen molar-refractivity contribution in [3.05, 3.63) is 81.3 Å². The fourth-order valence-corrected chi connectivity index (χ4v) is 4.30. The first kappa shape index (κ1) is 24.4. The molecule has 1 saturated heterocycles. The highest BCUT2D eigenvalue weighted by molar-refractivity contribution is 9.10. The minimum atomic E-state index is -0.806. The zero-order valence-electron chi connectivity index (χ0n) is 19.9. The summed E-state index contributed by atoms with van der Waals surface area (Å²) in [7, 11) is 1.49. The molecule has 188 valence electrons. The van der Waals surface area contributed by atoms with Crippen LogP contribution in [0.15, 0.2) is 64.6 Å². The smallest absolute Gasteiger partial charge is 0.335 e. The van der Waals surface area contributed by atoms with Crippen LogP contribution in [0.2, 0.25) is 0 Å². The summed E-state index contributed by atoms with van der Waals surface area (Å²) in [5, 5.41) is 2.23. The van der Waals surface area contributed by atoms with Gasteiger partial charge in [-0.3, -0.25) is 14.9 Å². The zero-order valence-corrected chi connectivity index (χ0v) is 21.5. The van der Waals surface area contributed by atoms with Crippen LogP contribution < -0.4 is 29.2 Å². The van der Waals surface area contributed by atoms with Gasteiger partial charge in [0.25, 0.3) is 11.8 Å². The third kappa shape index (κ3) is 4.88. The Morgan fingerprint density at radius 2 is 1.76 bits per heavy atom. The topological polar surface area (TPSA) is 103 Å². The summed E-state index contributed by atoms with van der Waals surface area (Å²) in [6.45, 7) is 2.33. The number of amides is 4. The number of ether oxygens (including phenoxy) is 4. The van der Waals surface area contributed by atoms with E-state index >= 15 is 0 Å². The molecule has 2 heterocycles. The van der Waals surface area contributed by atoms with Gasteiger partial charge in [0.1, 0.15) is 12.2 Å². The monoisotopic (exact) mass is 564 g/mol. The summed E-state index contributed by atoms with van der Waals surface area (Å²) in [5.74, 6) is 0.671. The van der Waals surface area contributed by atoms with Gasteiger partial charge in [0.2, 0.25) is 6.79 Å². The number of aryl methyl sites for hydroxylation is 1. The zero-order chi connectivity index (χ0) is 26.1. The molecule has 2 aliphatic heterocycles. The van der Waals surface area contributed by atoms with Crippen LogP contribution in [-0.2, 0) is 16.2 Å². The first-order valence-corrected chi connectivity index (χ1v) is 12.0. The van der Waals surface area contributed by atoms with Crippen molar-refractivity contribution in [3.63, 3.8) is 0 Å². The fourth-order valence-electron chi connectivity index (χ4n) is 3.87. The minimum Gasteiger partial charge on any atom is -0.493 e. The van der Waals surface area contributed by atoms with Crippen molar-refractivity contribution in [3.8, 4) is 23.0 Å². The Labute approximate surface area is 220 Å². The van der Waals surface area contributed by atoms with Gasteiger partial charge in [-0.05, 0) is 60.5 Å². The normalized spacial score (nSPS) is 15.7. The Bertz CT molecular complexity index is 1450. The summed E-state index contributed by atoms with van der Waals surface area (Å²) < 4.78 is 22.8. The molecular formula is C27H21BrN2O7. The molecule has 3 aromatic rings. The molecule has 0 aromatic heterocycles. The Balaban J connectivity index is 1.41. The van der Waals surface area contributed by atoms with E-state index in [1.54, 1.807) is 36.4 Å². The highest BCUT2D eigenvalue weighted by Crippen LogP contribution is 2.37. The van der Waals surface area contributed by atoms with Crippen LogP contribution in [0.1, 0.15) is 16.7 Å². The van der Waals surface area contributed by atoms with Crippen molar-refractivity contribution >= 4 is 45.5 Å². The molecular weight excluding hydrogens is 544 g/mol.